The number of hydrogen-bond acceptors (Lipinski definition) is 5. The van der Waals surface area contributed by atoms with Crippen molar-refractivity contribution < 1.29 is 4.74 Å². The fourth-order valence-corrected chi connectivity index (χ4v) is 2.36. The van der Waals surface area contributed by atoms with Crippen LogP contribution in [-0.4, -0.2) is 23.1 Å². The Morgan fingerprint density at radius 2 is 2.26 bits per heavy atom. The third-order valence-electron chi connectivity index (χ3n) is 2.56. The number of aryl methyl sites for hydroxylation is 1. The molecule has 0 aromatic carbocycles. The van der Waals surface area contributed by atoms with Crippen LogP contribution in [0.5, 0.6) is 5.88 Å². The molecule has 0 bridgehead atoms. The van der Waals surface area contributed by atoms with Crippen molar-refractivity contribution in [3.63, 3.8) is 0 Å². The van der Waals surface area contributed by atoms with Crippen LogP contribution >= 0.6 is 11.3 Å². The molecule has 0 aliphatic carbocycles. The Labute approximate surface area is 117 Å². The summed E-state index contributed by atoms with van der Waals surface area (Å²) in [7, 11) is 0. The lowest BCUT2D eigenvalue weighted by Crippen LogP contribution is -2.09. The molecule has 0 atom stereocenters. The second-order valence-corrected chi connectivity index (χ2v) is 5.11. The van der Waals surface area contributed by atoms with Crippen molar-refractivity contribution in [2.45, 2.75) is 26.7 Å². The third kappa shape index (κ3) is 4.52. The molecule has 0 aliphatic heterocycles. The first-order valence-corrected chi connectivity index (χ1v) is 7.45. The molecular formula is C14H19N3OS. The highest BCUT2D eigenvalue weighted by atomic mass is 32.1. The Hall–Kier alpha value is -1.62. The maximum absolute atomic E-state index is 5.54. The molecule has 2 heterocycles. The fraction of sp³-hybridized carbons (Fsp3) is 0.429. The average molecular weight is 277 g/mol. The number of ether oxygens (including phenoxy) is 1. The molecule has 0 saturated carbocycles. The number of anilines is 1. The van der Waals surface area contributed by atoms with E-state index in [1.165, 1.54) is 5.56 Å². The minimum Gasteiger partial charge on any atom is -0.478 e. The van der Waals surface area contributed by atoms with Crippen LogP contribution in [0.4, 0.5) is 5.95 Å². The summed E-state index contributed by atoms with van der Waals surface area (Å²) in [6.45, 7) is 5.54. The van der Waals surface area contributed by atoms with Crippen molar-refractivity contribution >= 4 is 17.3 Å². The molecule has 0 aliphatic rings. The van der Waals surface area contributed by atoms with E-state index in [4.69, 9.17) is 4.74 Å². The van der Waals surface area contributed by atoms with E-state index in [9.17, 15) is 0 Å². The molecule has 0 spiro atoms. The highest BCUT2D eigenvalue weighted by Gasteiger charge is 2.03. The van der Waals surface area contributed by atoms with Crippen molar-refractivity contribution in [3.8, 4) is 5.88 Å². The van der Waals surface area contributed by atoms with Gasteiger partial charge in [0.2, 0.25) is 11.8 Å². The molecule has 102 valence electrons. The summed E-state index contributed by atoms with van der Waals surface area (Å²) in [5, 5.41) is 7.50. The molecular weight excluding hydrogens is 258 g/mol. The van der Waals surface area contributed by atoms with E-state index in [1.807, 2.05) is 13.0 Å². The van der Waals surface area contributed by atoms with Crippen molar-refractivity contribution in [3.05, 3.63) is 34.2 Å². The highest BCUT2D eigenvalue weighted by Crippen LogP contribution is 2.12. The Morgan fingerprint density at radius 1 is 1.37 bits per heavy atom. The maximum atomic E-state index is 5.54. The van der Waals surface area contributed by atoms with E-state index in [0.717, 1.165) is 25.1 Å². The highest BCUT2D eigenvalue weighted by molar-refractivity contribution is 7.07. The molecule has 0 fully saturated rings. The molecule has 0 amide bonds. The first kappa shape index (κ1) is 13.8. The third-order valence-corrected chi connectivity index (χ3v) is 3.29. The first-order chi connectivity index (χ1) is 9.28. The number of nitrogens with zero attached hydrogens (tertiary/aromatic N) is 2. The smallest absolute Gasteiger partial charge is 0.226 e. The minimum absolute atomic E-state index is 0.640. The van der Waals surface area contributed by atoms with Gasteiger partial charge >= 0.3 is 0 Å². The summed E-state index contributed by atoms with van der Waals surface area (Å²) >= 11 is 1.72. The molecule has 2 rings (SSSR count). The molecule has 4 nitrogen and oxygen atoms in total. The predicted molar refractivity (Wildman–Crippen MR) is 79.1 cm³/mol. The number of thiophene rings is 1. The monoisotopic (exact) mass is 277 g/mol. The van der Waals surface area contributed by atoms with Gasteiger partial charge in [0.15, 0.2) is 0 Å². The minimum atomic E-state index is 0.640. The van der Waals surface area contributed by atoms with Crippen LogP contribution in [0.3, 0.4) is 0 Å². The van der Waals surface area contributed by atoms with Crippen molar-refractivity contribution in [1.82, 2.24) is 9.97 Å². The summed E-state index contributed by atoms with van der Waals surface area (Å²) in [5.41, 5.74) is 2.26. The van der Waals surface area contributed by atoms with Gasteiger partial charge in [0.25, 0.3) is 0 Å². The van der Waals surface area contributed by atoms with Crippen LogP contribution in [0.2, 0.25) is 0 Å². The summed E-state index contributed by atoms with van der Waals surface area (Å²) < 4.78 is 5.54. The largest absolute Gasteiger partial charge is 0.478 e. The van der Waals surface area contributed by atoms with Gasteiger partial charge in [-0.25, -0.2) is 4.98 Å². The molecule has 2 aromatic heterocycles. The fourth-order valence-electron chi connectivity index (χ4n) is 1.65. The molecule has 0 unspecified atom stereocenters. The van der Waals surface area contributed by atoms with Gasteiger partial charge in [0.1, 0.15) is 0 Å². The van der Waals surface area contributed by atoms with Gasteiger partial charge in [-0.2, -0.15) is 16.3 Å². The zero-order valence-corrected chi connectivity index (χ0v) is 12.2. The molecule has 0 saturated heterocycles. The van der Waals surface area contributed by atoms with Crippen molar-refractivity contribution in [1.29, 1.82) is 0 Å². The van der Waals surface area contributed by atoms with E-state index in [-0.39, 0.29) is 0 Å². The number of rotatable bonds is 7. The lowest BCUT2D eigenvalue weighted by molar-refractivity contribution is 0.305. The van der Waals surface area contributed by atoms with Gasteiger partial charge in [0, 0.05) is 18.3 Å². The Kier molecular flexibility index (Phi) is 5.15. The van der Waals surface area contributed by atoms with E-state index in [2.05, 4.69) is 39.0 Å². The quantitative estimate of drug-likeness (QED) is 0.843. The van der Waals surface area contributed by atoms with Crippen LogP contribution in [0, 0.1) is 6.92 Å². The Morgan fingerprint density at radius 3 is 3.00 bits per heavy atom. The first-order valence-electron chi connectivity index (χ1n) is 6.51. The zero-order valence-electron chi connectivity index (χ0n) is 11.3. The van der Waals surface area contributed by atoms with Crippen molar-refractivity contribution in [2.75, 3.05) is 18.5 Å². The van der Waals surface area contributed by atoms with Crippen LogP contribution < -0.4 is 10.1 Å². The van der Waals surface area contributed by atoms with Gasteiger partial charge in [-0.3, -0.25) is 0 Å². The predicted octanol–water partition coefficient (Wildman–Crippen LogP) is 3.29. The van der Waals surface area contributed by atoms with Crippen LogP contribution in [0.1, 0.15) is 24.6 Å². The summed E-state index contributed by atoms with van der Waals surface area (Å²) in [4.78, 5) is 8.71. The van der Waals surface area contributed by atoms with E-state index < -0.39 is 0 Å². The molecule has 2 aromatic rings. The average Bonchev–Trinajstić information content (AvgIpc) is 2.89. The molecule has 0 radical (unpaired) electrons. The van der Waals surface area contributed by atoms with Crippen LogP contribution in [-0.2, 0) is 6.42 Å². The second kappa shape index (κ2) is 7.09. The summed E-state index contributed by atoms with van der Waals surface area (Å²) in [5.74, 6) is 1.29. The van der Waals surface area contributed by atoms with Crippen LogP contribution in [0.15, 0.2) is 22.9 Å². The van der Waals surface area contributed by atoms with Gasteiger partial charge in [-0.05, 0) is 42.2 Å². The van der Waals surface area contributed by atoms with Gasteiger partial charge in [0.05, 0.1) is 6.61 Å². The lowest BCUT2D eigenvalue weighted by Gasteiger charge is -2.08. The van der Waals surface area contributed by atoms with Crippen molar-refractivity contribution in [2.24, 2.45) is 0 Å². The standard InChI is InChI=1S/C14H19N3OS/c1-3-7-18-13-9-11(2)16-14(17-13)15-6-4-12-5-8-19-10-12/h5,8-10H,3-4,6-7H2,1-2H3,(H,15,16,17). The zero-order chi connectivity index (χ0) is 13.5. The molecule has 5 heteroatoms. The van der Waals surface area contributed by atoms with Gasteiger partial charge < -0.3 is 10.1 Å². The van der Waals surface area contributed by atoms with Gasteiger partial charge in [-0.1, -0.05) is 6.92 Å². The van der Waals surface area contributed by atoms with Crippen LogP contribution in [0.25, 0.3) is 0 Å². The Bertz CT molecular complexity index is 499. The number of hydrogen-bond donors (Lipinski definition) is 1. The number of nitrogens with one attached hydrogen (secondary N) is 1. The normalized spacial score (nSPS) is 10.4. The molecule has 19 heavy (non-hydrogen) atoms. The van der Waals surface area contributed by atoms with E-state index in [1.54, 1.807) is 11.3 Å². The SMILES string of the molecule is CCCOc1cc(C)nc(NCCc2ccsc2)n1. The maximum Gasteiger partial charge on any atom is 0.226 e. The Balaban J connectivity index is 1.90. The van der Waals surface area contributed by atoms with E-state index >= 15 is 0 Å². The van der Waals surface area contributed by atoms with Gasteiger partial charge in [-0.15, -0.1) is 0 Å². The lowest BCUT2D eigenvalue weighted by atomic mass is 10.2. The number of aromatic nitrogens is 2. The topological polar surface area (TPSA) is 47.0 Å². The molecule has 1 N–H and O–H groups in total. The summed E-state index contributed by atoms with van der Waals surface area (Å²) in [6, 6.07) is 4.00. The van der Waals surface area contributed by atoms with E-state index in [0.29, 0.717) is 18.4 Å². The summed E-state index contributed by atoms with van der Waals surface area (Å²) in [6.07, 6.45) is 1.95. The second-order valence-electron chi connectivity index (χ2n) is 4.33.